The third kappa shape index (κ3) is 5.72. The van der Waals surface area contributed by atoms with Crippen LogP contribution in [0.3, 0.4) is 0 Å². The molecule has 4 aromatic rings. The van der Waals surface area contributed by atoms with Crippen molar-refractivity contribution in [3.8, 4) is 11.3 Å². The molecule has 0 radical (unpaired) electrons. The smallest absolute Gasteiger partial charge is 0.271 e. The van der Waals surface area contributed by atoms with Crippen molar-refractivity contribution in [3.63, 3.8) is 0 Å². The maximum absolute atomic E-state index is 12.5. The molecule has 0 bridgehead atoms. The first-order valence-electron chi connectivity index (χ1n) is 9.90. The van der Waals surface area contributed by atoms with E-state index in [1.54, 1.807) is 30.3 Å². The predicted molar refractivity (Wildman–Crippen MR) is 125 cm³/mol. The molecule has 0 fully saturated rings. The van der Waals surface area contributed by atoms with E-state index in [0.29, 0.717) is 17.1 Å². The van der Waals surface area contributed by atoms with Crippen LogP contribution in [0.25, 0.3) is 11.3 Å². The van der Waals surface area contributed by atoms with Gasteiger partial charge in [0.15, 0.2) is 0 Å². The Labute approximate surface area is 198 Å². The highest BCUT2D eigenvalue weighted by molar-refractivity contribution is 7.92. The fourth-order valence-electron chi connectivity index (χ4n) is 2.86. The molecule has 0 aliphatic rings. The van der Waals surface area contributed by atoms with Crippen molar-refractivity contribution in [1.29, 1.82) is 0 Å². The zero-order chi connectivity index (χ0) is 24.8. The first-order chi connectivity index (χ1) is 16.8. The Hall–Kier alpha value is -4.91. The van der Waals surface area contributed by atoms with Crippen LogP contribution < -0.4 is 10.1 Å². The van der Waals surface area contributed by atoms with Crippen molar-refractivity contribution in [3.05, 3.63) is 101 Å². The largest absolute Gasteiger partial charge is 0.455 e. The van der Waals surface area contributed by atoms with E-state index in [2.05, 4.69) is 25.2 Å². The Bertz CT molecular complexity index is 1480. The molecule has 0 atom stereocenters. The maximum atomic E-state index is 12.5. The summed E-state index contributed by atoms with van der Waals surface area (Å²) in [6, 6.07) is 15.9. The molecular weight excluding hydrogens is 476 g/mol. The summed E-state index contributed by atoms with van der Waals surface area (Å²) in [4.78, 5) is 29.9. The fraction of sp³-hybridized carbons (Fsp3) is 0. The number of furan rings is 1. The molecule has 0 unspecified atom stereocenters. The highest BCUT2D eigenvalue weighted by Gasteiger charge is 2.16. The summed E-state index contributed by atoms with van der Waals surface area (Å²) in [7, 11) is -3.86. The number of carbonyl (C=O) groups is 1. The lowest BCUT2D eigenvalue weighted by molar-refractivity contribution is -0.384. The predicted octanol–water partition coefficient (Wildman–Crippen LogP) is 3.21. The molecule has 176 valence electrons. The van der Waals surface area contributed by atoms with Crippen LogP contribution in [0.5, 0.6) is 0 Å². The molecule has 13 heteroatoms. The number of amides is 1. The summed E-state index contributed by atoms with van der Waals surface area (Å²) in [5.41, 5.74) is 3.01. The number of hydrogen-bond donors (Lipinski definition) is 2. The van der Waals surface area contributed by atoms with Gasteiger partial charge in [0.05, 0.1) is 16.0 Å². The minimum absolute atomic E-state index is 0.0241. The topological polar surface area (TPSA) is 170 Å². The zero-order valence-electron chi connectivity index (χ0n) is 17.7. The van der Waals surface area contributed by atoms with E-state index in [1.807, 2.05) is 0 Å². The van der Waals surface area contributed by atoms with Crippen molar-refractivity contribution in [2.75, 3.05) is 4.72 Å². The van der Waals surface area contributed by atoms with E-state index in [-0.39, 0.29) is 22.1 Å². The van der Waals surface area contributed by atoms with Crippen molar-refractivity contribution in [1.82, 2.24) is 15.4 Å². The van der Waals surface area contributed by atoms with Gasteiger partial charge in [0.2, 0.25) is 5.95 Å². The molecule has 35 heavy (non-hydrogen) atoms. The van der Waals surface area contributed by atoms with Gasteiger partial charge < -0.3 is 4.42 Å². The minimum Gasteiger partial charge on any atom is -0.455 e. The van der Waals surface area contributed by atoms with Gasteiger partial charge in [-0.1, -0.05) is 0 Å². The average molecular weight is 492 g/mol. The van der Waals surface area contributed by atoms with Crippen LogP contribution in [0.15, 0.2) is 93.5 Å². The first kappa shape index (κ1) is 23.3. The highest BCUT2D eigenvalue weighted by atomic mass is 32.2. The summed E-state index contributed by atoms with van der Waals surface area (Å²) in [5.74, 6) is 0.210. The van der Waals surface area contributed by atoms with Crippen molar-refractivity contribution >= 4 is 33.8 Å². The number of rotatable bonds is 8. The van der Waals surface area contributed by atoms with Crippen LogP contribution in [-0.4, -0.2) is 35.4 Å². The number of nitro benzene ring substituents is 1. The quantitative estimate of drug-likeness (QED) is 0.214. The molecular formula is C22H16N6O6S. The van der Waals surface area contributed by atoms with Gasteiger partial charge >= 0.3 is 0 Å². The summed E-state index contributed by atoms with van der Waals surface area (Å²) in [6.45, 7) is 0. The lowest BCUT2D eigenvalue weighted by Gasteiger charge is -2.06. The number of aromatic nitrogens is 2. The van der Waals surface area contributed by atoms with E-state index in [0.717, 1.165) is 0 Å². The lowest BCUT2D eigenvalue weighted by Crippen LogP contribution is -2.17. The van der Waals surface area contributed by atoms with E-state index in [1.165, 1.54) is 55.0 Å². The Balaban J connectivity index is 1.38. The van der Waals surface area contributed by atoms with Gasteiger partial charge in [-0.15, -0.1) is 0 Å². The number of sulfonamides is 1. The van der Waals surface area contributed by atoms with Crippen LogP contribution in [0.1, 0.15) is 16.1 Å². The maximum Gasteiger partial charge on any atom is 0.271 e. The molecule has 0 aliphatic carbocycles. The van der Waals surface area contributed by atoms with Crippen molar-refractivity contribution in [2.45, 2.75) is 4.90 Å². The van der Waals surface area contributed by atoms with Gasteiger partial charge in [-0.05, 0) is 54.6 Å². The Morgan fingerprint density at radius 2 is 1.69 bits per heavy atom. The Kier molecular flexibility index (Phi) is 6.59. The molecule has 0 saturated carbocycles. The van der Waals surface area contributed by atoms with Crippen LogP contribution in [0.4, 0.5) is 11.6 Å². The number of nitrogens with one attached hydrogen (secondary N) is 2. The number of benzene rings is 2. The summed E-state index contributed by atoms with van der Waals surface area (Å²) >= 11 is 0. The number of nitro groups is 1. The molecule has 0 aliphatic heterocycles. The third-order valence-electron chi connectivity index (χ3n) is 4.57. The molecule has 0 saturated heterocycles. The average Bonchev–Trinajstić information content (AvgIpc) is 3.33. The second-order valence-electron chi connectivity index (χ2n) is 6.91. The number of hydrogen-bond acceptors (Lipinski definition) is 9. The molecule has 0 spiro atoms. The third-order valence-corrected chi connectivity index (χ3v) is 5.91. The molecule has 4 rings (SSSR count). The summed E-state index contributed by atoms with van der Waals surface area (Å²) < 4.78 is 32.9. The van der Waals surface area contributed by atoms with Crippen LogP contribution in [0.2, 0.25) is 0 Å². The van der Waals surface area contributed by atoms with Crippen LogP contribution >= 0.6 is 0 Å². The number of carbonyl (C=O) groups excluding carboxylic acids is 1. The molecule has 2 heterocycles. The number of non-ortho nitro benzene ring substituents is 1. The summed E-state index contributed by atoms with van der Waals surface area (Å²) in [6.07, 6.45) is 4.13. The Morgan fingerprint density at radius 1 is 1.00 bits per heavy atom. The lowest BCUT2D eigenvalue weighted by atomic mass is 10.2. The SMILES string of the molecule is O=C(NN=Cc1ccc(-c2ccc(S(=O)(=O)Nc3ncccn3)cc2)o1)c1ccc([N+](=O)[O-])cc1. The normalized spacial score (nSPS) is 11.3. The molecule has 2 aromatic heterocycles. The molecule has 12 nitrogen and oxygen atoms in total. The van der Waals surface area contributed by atoms with Crippen molar-refractivity contribution < 1.29 is 22.6 Å². The molecule has 2 aromatic carbocycles. The monoisotopic (exact) mass is 492 g/mol. The van der Waals surface area contributed by atoms with Gasteiger partial charge in [0.1, 0.15) is 11.5 Å². The standard InChI is InChI=1S/C22H16N6O6S/c29-21(16-2-6-17(7-3-16)28(30)31)26-25-14-18-8-11-20(34-18)15-4-9-19(10-5-15)35(32,33)27-22-23-12-1-13-24-22/h1-14H,(H,26,29)(H,23,24,27). The number of nitrogens with zero attached hydrogens (tertiary/aromatic N) is 4. The van der Waals surface area contributed by atoms with Gasteiger partial charge in [0, 0.05) is 35.7 Å². The summed E-state index contributed by atoms with van der Waals surface area (Å²) in [5, 5.41) is 14.5. The molecule has 2 N–H and O–H groups in total. The van der Waals surface area contributed by atoms with Crippen molar-refractivity contribution in [2.24, 2.45) is 5.10 Å². The van der Waals surface area contributed by atoms with E-state index in [4.69, 9.17) is 4.42 Å². The number of anilines is 1. The van der Waals surface area contributed by atoms with Crippen LogP contribution in [-0.2, 0) is 10.0 Å². The number of hydrazone groups is 1. The Morgan fingerprint density at radius 3 is 2.34 bits per heavy atom. The first-order valence-corrected chi connectivity index (χ1v) is 11.4. The highest BCUT2D eigenvalue weighted by Crippen LogP contribution is 2.24. The minimum atomic E-state index is -3.86. The fourth-order valence-corrected chi connectivity index (χ4v) is 3.82. The van der Waals surface area contributed by atoms with E-state index < -0.39 is 20.9 Å². The van der Waals surface area contributed by atoms with Gasteiger partial charge in [-0.2, -0.15) is 5.10 Å². The van der Waals surface area contributed by atoms with E-state index in [9.17, 15) is 23.3 Å². The van der Waals surface area contributed by atoms with Gasteiger partial charge in [0.25, 0.3) is 21.6 Å². The second kappa shape index (κ2) is 9.93. The zero-order valence-corrected chi connectivity index (χ0v) is 18.5. The molecule has 1 amide bonds. The van der Waals surface area contributed by atoms with Gasteiger partial charge in [-0.25, -0.2) is 28.5 Å². The second-order valence-corrected chi connectivity index (χ2v) is 8.59. The van der Waals surface area contributed by atoms with Gasteiger partial charge in [-0.3, -0.25) is 14.9 Å². The van der Waals surface area contributed by atoms with Crippen LogP contribution in [0, 0.1) is 10.1 Å². The van der Waals surface area contributed by atoms with E-state index >= 15 is 0 Å².